The van der Waals surface area contributed by atoms with Crippen LogP contribution in [0.1, 0.15) is 5.01 Å². The van der Waals surface area contributed by atoms with Gasteiger partial charge in [-0.3, -0.25) is 0 Å². The fraction of sp³-hybridized carbons (Fsp3) is 0. The van der Waals surface area contributed by atoms with E-state index in [1.807, 2.05) is 0 Å². The van der Waals surface area contributed by atoms with E-state index >= 15 is 0 Å². The molecule has 0 bridgehead atoms. The molecule has 0 aliphatic rings. The van der Waals surface area contributed by atoms with Crippen LogP contribution in [0.2, 0.25) is 0 Å². The third-order valence-electron chi connectivity index (χ3n) is 0.674. The Hall–Kier alpha value is 0.750. The smallest absolute Gasteiger partial charge is 0.168 e. The standard InChI is InChI=1S/C5HBrINS2/c6-4-3-8-5(10-4)1-2-9-7/h3H. The van der Waals surface area contributed by atoms with E-state index < -0.39 is 0 Å². The van der Waals surface area contributed by atoms with Crippen molar-refractivity contribution in [2.75, 3.05) is 0 Å². The fourth-order valence-electron chi connectivity index (χ4n) is 0.375. The van der Waals surface area contributed by atoms with E-state index in [-0.39, 0.29) is 0 Å². The van der Waals surface area contributed by atoms with Gasteiger partial charge in [-0.1, -0.05) is 11.3 Å². The van der Waals surface area contributed by atoms with Gasteiger partial charge in [-0.15, -0.1) is 0 Å². The van der Waals surface area contributed by atoms with E-state index in [1.165, 1.54) is 8.93 Å². The predicted molar refractivity (Wildman–Crippen MR) is 58.3 cm³/mol. The maximum Gasteiger partial charge on any atom is 0.168 e. The summed E-state index contributed by atoms with van der Waals surface area (Å²) in [5.41, 5.74) is 0. The molecule has 0 radical (unpaired) electrons. The van der Waals surface area contributed by atoms with E-state index in [1.54, 1.807) is 17.5 Å². The topological polar surface area (TPSA) is 12.9 Å². The first kappa shape index (κ1) is 8.84. The summed E-state index contributed by atoms with van der Waals surface area (Å²) in [6.45, 7) is 0. The van der Waals surface area contributed by atoms with Gasteiger partial charge in [0.15, 0.2) is 5.01 Å². The molecule has 0 spiro atoms. The van der Waals surface area contributed by atoms with Crippen LogP contribution in [-0.4, -0.2) is 4.98 Å². The number of thiazole rings is 1. The molecule has 0 aliphatic carbocycles. The van der Waals surface area contributed by atoms with E-state index in [0.717, 1.165) is 8.79 Å². The van der Waals surface area contributed by atoms with E-state index in [0.29, 0.717) is 0 Å². The summed E-state index contributed by atoms with van der Waals surface area (Å²) < 4.78 is 1.02. The molecule has 1 aromatic rings. The first-order valence-corrected chi connectivity index (χ1v) is 7.19. The van der Waals surface area contributed by atoms with Gasteiger partial charge in [-0.05, 0) is 36.0 Å². The average molecular weight is 346 g/mol. The van der Waals surface area contributed by atoms with Crippen LogP contribution in [0.15, 0.2) is 9.98 Å². The SMILES string of the molecule is Brc1cnc(C#CSI)s1. The van der Waals surface area contributed by atoms with Crippen molar-refractivity contribution in [3.05, 3.63) is 15.0 Å². The Kier molecular flexibility index (Phi) is 4.06. The fourth-order valence-corrected chi connectivity index (χ4v) is 1.97. The molecule has 0 N–H and O–H groups in total. The van der Waals surface area contributed by atoms with Gasteiger partial charge in [0.05, 0.1) is 9.98 Å². The third-order valence-corrected chi connectivity index (χ3v) is 2.91. The minimum absolute atomic E-state index is 0.857. The quantitative estimate of drug-likeness (QED) is 0.528. The minimum Gasteiger partial charge on any atom is -0.235 e. The first-order chi connectivity index (χ1) is 4.83. The zero-order valence-electron chi connectivity index (χ0n) is 4.60. The highest BCUT2D eigenvalue weighted by Gasteiger charge is 1.92. The first-order valence-electron chi connectivity index (χ1n) is 2.23. The molecule has 0 amide bonds. The van der Waals surface area contributed by atoms with Crippen molar-refractivity contribution in [2.45, 2.75) is 0 Å². The Balaban J connectivity index is 2.76. The molecule has 1 heterocycles. The van der Waals surface area contributed by atoms with E-state index in [2.05, 4.69) is 53.3 Å². The molecule has 0 saturated heterocycles. The van der Waals surface area contributed by atoms with Gasteiger partial charge in [0.1, 0.15) is 0 Å². The monoisotopic (exact) mass is 345 g/mol. The van der Waals surface area contributed by atoms with Crippen molar-refractivity contribution >= 4 is 57.4 Å². The second-order valence-corrected chi connectivity index (χ2v) is 5.36. The summed E-state index contributed by atoms with van der Waals surface area (Å²) in [5.74, 6) is 2.90. The molecule has 10 heavy (non-hydrogen) atoms. The van der Waals surface area contributed by atoms with Crippen molar-refractivity contribution in [3.8, 4) is 11.2 Å². The van der Waals surface area contributed by atoms with Crippen LogP contribution in [0.3, 0.4) is 0 Å². The van der Waals surface area contributed by atoms with Gasteiger partial charge in [0.25, 0.3) is 0 Å². The molecule has 0 aliphatic heterocycles. The lowest BCUT2D eigenvalue weighted by Gasteiger charge is -1.71. The summed E-state index contributed by atoms with van der Waals surface area (Å²) in [7, 11) is 1.47. The number of aromatic nitrogens is 1. The highest BCUT2D eigenvalue weighted by Crippen LogP contribution is 2.18. The summed E-state index contributed by atoms with van der Waals surface area (Å²) in [6.07, 6.45) is 1.76. The van der Waals surface area contributed by atoms with Crippen LogP contribution in [-0.2, 0) is 0 Å². The van der Waals surface area contributed by atoms with Crippen LogP contribution in [0.5, 0.6) is 0 Å². The Bertz CT molecular complexity index is 275. The molecule has 1 rings (SSSR count). The zero-order valence-corrected chi connectivity index (χ0v) is 9.97. The lowest BCUT2D eigenvalue weighted by Crippen LogP contribution is -1.63. The van der Waals surface area contributed by atoms with Gasteiger partial charge >= 0.3 is 0 Å². The zero-order chi connectivity index (χ0) is 7.40. The Morgan fingerprint density at radius 1 is 1.80 bits per heavy atom. The second kappa shape index (κ2) is 4.59. The van der Waals surface area contributed by atoms with Gasteiger partial charge in [0, 0.05) is 21.2 Å². The molecule has 0 atom stereocenters. The lowest BCUT2D eigenvalue weighted by atomic mass is 10.7. The molecule has 0 unspecified atom stereocenters. The maximum absolute atomic E-state index is 4.03. The van der Waals surface area contributed by atoms with Gasteiger partial charge < -0.3 is 0 Å². The predicted octanol–water partition coefficient (Wildman–Crippen LogP) is 3.30. The summed E-state index contributed by atoms with van der Waals surface area (Å²) in [5, 5.41) is 3.72. The maximum atomic E-state index is 4.03. The minimum atomic E-state index is 0.857. The molecule has 0 aromatic carbocycles. The van der Waals surface area contributed by atoms with Crippen molar-refractivity contribution in [3.63, 3.8) is 0 Å². The molecule has 1 aromatic heterocycles. The highest BCUT2D eigenvalue weighted by atomic mass is 127. The van der Waals surface area contributed by atoms with Gasteiger partial charge in [-0.25, -0.2) is 4.98 Å². The molecule has 1 nitrogen and oxygen atoms in total. The number of rotatable bonds is 0. The number of nitrogens with zero attached hydrogens (tertiary/aromatic N) is 1. The lowest BCUT2D eigenvalue weighted by molar-refractivity contribution is 1.38. The molecule has 0 saturated carbocycles. The van der Waals surface area contributed by atoms with Crippen LogP contribution in [0.4, 0.5) is 0 Å². The normalized spacial score (nSPS) is 8.60. The van der Waals surface area contributed by atoms with Crippen LogP contribution >= 0.6 is 57.4 Å². The second-order valence-electron chi connectivity index (χ2n) is 1.27. The van der Waals surface area contributed by atoms with E-state index in [9.17, 15) is 0 Å². The Morgan fingerprint density at radius 3 is 3.10 bits per heavy atom. The van der Waals surface area contributed by atoms with E-state index in [4.69, 9.17) is 0 Å². The van der Waals surface area contributed by atoms with Crippen LogP contribution < -0.4 is 0 Å². The number of hydrogen-bond donors (Lipinski definition) is 0. The van der Waals surface area contributed by atoms with Crippen molar-refractivity contribution in [1.29, 1.82) is 0 Å². The Morgan fingerprint density at radius 2 is 2.60 bits per heavy atom. The molecule has 5 heteroatoms. The van der Waals surface area contributed by atoms with Crippen molar-refractivity contribution in [1.82, 2.24) is 4.98 Å². The van der Waals surface area contributed by atoms with Crippen LogP contribution in [0, 0.1) is 11.2 Å². The van der Waals surface area contributed by atoms with Crippen molar-refractivity contribution in [2.24, 2.45) is 0 Å². The summed E-state index contributed by atoms with van der Waals surface area (Å²) in [4.78, 5) is 4.03. The van der Waals surface area contributed by atoms with Crippen LogP contribution in [0.25, 0.3) is 0 Å². The summed E-state index contributed by atoms with van der Waals surface area (Å²) in [6, 6.07) is 0. The van der Waals surface area contributed by atoms with Crippen molar-refractivity contribution < 1.29 is 0 Å². The van der Waals surface area contributed by atoms with Gasteiger partial charge in [0.2, 0.25) is 0 Å². The molecule has 52 valence electrons. The molecular formula is C5HBrINS2. The van der Waals surface area contributed by atoms with Gasteiger partial charge in [-0.2, -0.15) is 0 Å². The molecular weight excluding hydrogens is 345 g/mol. The molecule has 0 fully saturated rings. The Labute approximate surface area is 87.7 Å². The number of halogens is 2. The average Bonchev–Trinajstić information content (AvgIpc) is 2.31. The summed E-state index contributed by atoms with van der Waals surface area (Å²) >= 11 is 6.98. The highest BCUT2D eigenvalue weighted by molar-refractivity contribution is 14.2. The number of hydrogen-bond acceptors (Lipinski definition) is 3. The third kappa shape index (κ3) is 2.78. The largest absolute Gasteiger partial charge is 0.235 e.